The highest BCUT2D eigenvalue weighted by atomic mass is 32.2. The zero-order valence-electron chi connectivity index (χ0n) is 39.4. The van der Waals surface area contributed by atoms with Crippen molar-refractivity contribution in [3.63, 3.8) is 0 Å². The molecule has 2 aromatic rings. The lowest BCUT2D eigenvalue weighted by atomic mass is 10.0. The number of phosphoric acid groups is 4. The number of hydrogen-bond acceptors (Lipinski definition) is 24. The van der Waals surface area contributed by atoms with Gasteiger partial charge in [0.05, 0.1) is 35.9 Å². The van der Waals surface area contributed by atoms with E-state index in [-0.39, 0.29) is 34.7 Å². The number of aromatic nitrogens is 4. The molecule has 0 aromatic carbocycles. The molecule has 15 atom stereocenters. The molecule has 4 aliphatic heterocycles. The molecular weight excluding hydrogens is 1150 g/mol. The second kappa shape index (κ2) is 26.7. The van der Waals surface area contributed by atoms with Gasteiger partial charge in [-0.2, -0.15) is 24.7 Å². The summed E-state index contributed by atoms with van der Waals surface area (Å²) in [6.07, 6.45) is -7.44. The molecule has 0 bridgehead atoms. The monoisotopic (exact) mass is 1200 g/mol. The summed E-state index contributed by atoms with van der Waals surface area (Å²) in [5.74, 6) is 0.0741. The fourth-order valence-corrected chi connectivity index (χ4v) is 15.3. The molecule has 0 aliphatic carbocycles. The number of nitrogens with zero attached hydrogens (tertiary/aromatic N) is 2. The first kappa shape index (κ1) is 61.8. The van der Waals surface area contributed by atoms with Gasteiger partial charge in [0.1, 0.15) is 36.6 Å². The van der Waals surface area contributed by atoms with Crippen LogP contribution in [0.1, 0.15) is 63.8 Å². The van der Waals surface area contributed by atoms with E-state index in [9.17, 15) is 91.8 Å². The molecule has 0 radical (unpaired) electrons. The lowest BCUT2D eigenvalue weighted by Gasteiger charge is -2.21. The van der Waals surface area contributed by atoms with Gasteiger partial charge in [-0.25, -0.2) is 32.6 Å². The Morgan fingerprint density at radius 3 is 1.82 bits per heavy atom. The van der Waals surface area contributed by atoms with Crippen LogP contribution >= 0.6 is 54.8 Å². The highest BCUT2D eigenvalue weighted by Crippen LogP contribution is 2.71. The van der Waals surface area contributed by atoms with Gasteiger partial charge in [0, 0.05) is 49.0 Å². The number of nitrogens with one attached hydrogen (secondary N) is 6. The fraction of sp³-hybridized carbons (Fsp3) is 0.694. The van der Waals surface area contributed by atoms with Crippen molar-refractivity contribution in [3.05, 3.63) is 60.1 Å². The van der Waals surface area contributed by atoms with E-state index in [2.05, 4.69) is 43.2 Å². The Morgan fingerprint density at radius 2 is 1.24 bits per heavy atom. The van der Waals surface area contributed by atoms with Gasteiger partial charge in [0.2, 0.25) is 11.8 Å². The molecule has 6 heterocycles. The number of carbonyl (C=O) groups excluding carboxylic acids is 3. The molecule has 4 saturated heterocycles. The molecule has 428 valence electrons. The van der Waals surface area contributed by atoms with Crippen molar-refractivity contribution in [1.29, 1.82) is 0 Å². The zero-order chi connectivity index (χ0) is 55.8. The minimum absolute atomic E-state index is 0.0298. The van der Waals surface area contributed by atoms with Gasteiger partial charge in [-0.05, 0) is 25.7 Å². The van der Waals surface area contributed by atoms with Crippen molar-refractivity contribution in [2.24, 2.45) is 0 Å². The third-order valence-electron chi connectivity index (χ3n) is 11.6. The molecule has 76 heavy (non-hydrogen) atoms. The molecule has 40 heteroatoms. The van der Waals surface area contributed by atoms with Crippen LogP contribution in [-0.4, -0.2) is 169 Å². The van der Waals surface area contributed by atoms with Crippen LogP contribution in [0.2, 0.25) is 0 Å². The number of ether oxygens (including phenoxy) is 2. The Morgan fingerprint density at radius 1 is 0.697 bits per heavy atom. The summed E-state index contributed by atoms with van der Waals surface area (Å²) < 4.78 is 82.2. The van der Waals surface area contributed by atoms with Crippen molar-refractivity contribution in [3.8, 4) is 0 Å². The molecule has 6 rings (SSSR count). The number of rotatable bonds is 29. The summed E-state index contributed by atoms with van der Waals surface area (Å²) in [4.78, 5) is 129. The van der Waals surface area contributed by atoms with Gasteiger partial charge >= 0.3 is 48.7 Å². The maximum absolute atomic E-state index is 12.8. The topological polar surface area (TPSA) is 504 Å². The molecule has 4 fully saturated rings. The predicted octanol–water partition coefficient (Wildman–Crippen LogP) is -2.58. The van der Waals surface area contributed by atoms with Gasteiger partial charge in [-0.15, -0.1) is 11.8 Å². The fourth-order valence-electron chi connectivity index (χ4n) is 8.00. The first-order valence-electron chi connectivity index (χ1n) is 22.9. The Hall–Kier alpha value is -3.41. The van der Waals surface area contributed by atoms with Crippen molar-refractivity contribution >= 4 is 72.7 Å². The van der Waals surface area contributed by atoms with Crippen LogP contribution in [0.25, 0.3) is 0 Å². The number of aliphatic hydroxyl groups excluding tert-OH is 4. The summed E-state index contributed by atoms with van der Waals surface area (Å²) in [5, 5.41) is 53.7. The first-order chi connectivity index (χ1) is 35.6. The van der Waals surface area contributed by atoms with Gasteiger partial charge in [0.25, 0.3) is 11.1 Å². The number of unbranched alkanes of at least 4 members (excludes halogenated alkanes) is 4. The Labute approximate surface area is 436 Å². The van der Waals surface area contributed by atoms with Crippen molar-refractivity contribution < 1.29 is 104 Å². The van der Waals surface area contributed by atoms with Gasteiger partial charge in [0.15, 0.2) is 12.5 Å². The molecule has 4 aliphatic rings. The number of carbonyl (C=O) groups is 3. The SMILES string of the molecule is O=C(CCCC[C@@H]1SCC2NC(=O)NC21)NCCCCCCNC(=O)CSc1cn([C@@H]2O[C@H](COP(=O)(O)OP(=O)(O)OP(=O)(O)OP(=O)(O)OC[C@H]3O[C@@H](n4ccc(=O)[nH]c4=O)[C@H](O)[C@@H]3O)[C@@H](O)[C@H]2O)c(=O)[nH]c1=O. The summed E-state index contributed by atoms with van der Waals surface area (Å²) in [7, 11) is -24.5. The second-order valence-corrected chi connectivity index (χ2v) is 25.8. The van der Waals surface area contributed by atoms with E-state index in [1.807, 2.05) is 21.7 Å². The van der Waals surface area contributed by atoms with Crippen LogP contribution in [0.15, 0.2) is 42.5 Å². The summed E-state index contributed by atoms with van der Waals surface area (Å²) in [5.41, 5.74) is -4.03. The molecular formula is C36H56N8O26P4S2. The maximum Gasteiger partial charge on any atom is 0.490 e. The van der Waals surface area contributed by atoms with Gasteiger partial charge in [-0.1, -0.05) is 19.3 Å². The van der Waals surface area contributed by atoms with Crippen LogP contribution in [0.4, 0.5) is 4.79 Å². The number of urea groups is 1. The molecule has 34 nitrogen and oxygen atoms in total. The van der Waals surface area contributed by atoms with E-state index in [0.29, 0.717) is 52.1 Å². The Balaban J connectivity index is 0.870. The number of aromatic amines is 2. The minimum Gasteiger partial charge on any atom is -0.387 e. The lowest BCUT2D eigenvalue weighted by Crippen LogP contribution is -2.38. The van der Waals surface area contributed by atoms with E-state index in [4.69, 9.17) is 9.47 Å². The number of hydrogen-bond donors (Lipinski definition) is 14. The summed E-state index contributed by atoms with van der Waals surface area (Å²) in [6, 6.07) is 1.03. The number of aliphatic hydroxyl groups is 4. The zero-order valence-corrected chi connectivity index (χ0v) is 44.6. The van der Waals surface area contributed by atoms with Gasteiger partial charge in [-0.3, -0.25) is 47.3 Å². The van der Waals surface area contributed by atoms with Crippen LogP contribution in [0, 0.1) is 0 Å². The average molecular weight is 1200 g/mol. The molecule has 2 aromatic heterocycles. The number of H-pyrrole nitrogens is 2. The number of thioether (sulfide) groups is 2. The van der Waals surface area contributed by atoms with Crippen LogP contribution in [0.5, 0.6) is 0 Å². The Kier molecular flexibility index (Phi) is 21.7. The van der Waals surface area contributed by atoms with Crippen molar-refractivity contribution in [2.75, 3.05) is 37.8 Å². The van der Waals surface area contributed by atoms with Crippen molar-refractivity contribution in [2.45, 2.75) is 123 Å². The molecule has 0 saturated carbocycles. The largest absolute Gasteiger partial charge is 0.490 e. The summed E-state index contributed by atoms with van der Waals surface area (Å²) >= 11 is 2.53. The minimum atomic E-state index is -6.34. The number of phosphoric ester groups is 2. The lowest BCUT2D eigenvalue weighted by molar-refractivity contribution is -0.121. The highest BCUT2D eigenvalue weighted by molar-refractivity contribution is 8.00. The standard InChI is InChI=1S/C36H56N8O26P4S2/c45-23(8-4-3-7-21-26-18(16-75-21)39-34(53)41-26)37-10-5-1-2-6-11-38-25(47)17-76-22-13-44(36(55)42-31(22)52)33-30(51)28(49)20(67-33)15-65-72(58,59)69-74(62,63)70-73(60,61)68-71(56,57)64-14-19-27(48)29(50)32(66-19)43-12-9-24(46)40-35(43)54/h9,12-13,18-21,26-30,32-33,48-51H,1-8,10-11,14-17H2,(H,37,45)(H,38,47)(H,56,57)(H,58,59)(H,60,61)(H,62,63)(H2,39,41,53)(H,40,46,54)(H,42,52,55)/t18?,19-,20-,21+,26?,27-,28-,29-,30-,32-,33-/m1/s1. The van der Waals surface area contributed by atoms with Crippen LogP contribution in [0.3, 0.4) is 0 Å². The normalized spacial score (nSPS) is 29.3. The third kappa shape index (κ3) is 17.5. The summed E-state index contributed by atoms with van der Waals surface area (Å²) in [6.45, 7) is -1.73. The van der Waals surface area contributed by atoms with E-state index >= 15 is 0 Å². The van der Waals surface area contributed by atoms with E-state index in [1.165, 1.54) is 0 Å². The molecule has 6 unspecified atom stereocenters. The number of amides is 4. The predicted molar refractivity (Wildman–Crippen MR) is 258 cm³/mol. The van der Waals surface area contributed by atoms with E-state index in [1.54, 1.807) is 0 Å². The van der Waals surface area contributed by atoms with Crippen LogP contribution < -0.4 is 43.8 Å². The first-order valence-corrected chi connectivity index (χ1v) is 30.9. The molecule has 0 spiro atoms. The average Bonchev–Trinajstić information content (AvgIpc) is 4.04. The third-order valence-corrected chi connectivity index (χ3v) is 20.0. The van der Waals surface area contributed by atoms with Crippen LogP contribution in [-0.2, 0) is 59.3 Å². The maximum atomic E-state index is 12.8. The Bertz CT molecular complexity index is 2840. The van der Waals surface area contributed by atoms with E-state index < -0.39 is 122 Å². The van der Waals surface area contributed by atoms with Crippen molar-refractivity contribution in [1.82, 2.24) is 40.4 Å². The quantitative estimate of drug-likeness (QED) is 0.0172. The molecule has 4 amide bonds. The number of fused-ring (bicyclic) bond motifs is 1. The van der Waals surface area contributed by atoms with Gasteiger partial charge < -0.3 is 70.7 Å². The highest BCUT2D eigenvalue weighted by Gasteiger charge is 2.50. The second-order valence-electron chi connectivity index (χ2n) is 17.3. The smallest absolute Gasteiger partial charge is 0.387 e. The molecule has 14 N–H and O–H groups in total. The van der Waals surface area contributed by atoms with E-state index in [0.717, 1.165) is 62.7 Å².